The number of aryl methyl sites for hydroxylation is 1. The molecule has 3 aromatic rings. The lowest BCUT2D eigenvalue weighted by Crippen LogP contribution is -2.04. The maximum Gasteiger partial charge on any atom is 0.141 e. The van der Waals surface area contributed by atoms with Crippen LogP contribution in [0.5, 0.6) is 5.75 Å². The number of nitrogens with zero attached hydrogens (tertiary/aromatic N) is 2. The second-order valence-electron chi connectivity index (χ2n) is 5.51. The summed E-state index contributed by atoms with van der Waals surface area (Å²) in [7, 11) is 0. The standard InChI is InChI=1S/C17H17ClN2O/c1-10(2)20-16-14(18)5-4-6-15(16)19-17(20)13-8-7-12(21)9-11(13)3/h4-10,21H,1-3H3. The first-order chi connectivity index (χ1) is 9.99. The van der Waals surface area contributed by atoms with Crippen molar-refractivity contribution in [2.24, 2.45) is 0 Å². The molecule has 0 fully saturated rings. The Labute approximate surface area is 128 Å². The van der Waals surface area contributed by atoms with Crippen LogP contribution in [0.4, 0.5) is 0 Å². The summed E-state index contributed by atoms with van der Waals surface area (Å²) in [6.45, 7) is 6.20. The van der Waals surface area contributed by atoms with E-state index in [0.29, 0.717) is 5.02 Å². The van der Waals surface area contributed by atoms with Crippen LogP contribution in [0.25, 0.3) is 22.4 Å². The predicted molar refractivity (Wildman–Crippen MR) is 87.0 cm³/mol. The highest BCUT2D eigenvalue weighted by atomic mass is 35.5. The maximum absolute atomic E-state index is 9.60. The van der Waals surface area contributed by atoms with E-state index in [1.165, 1.54) is 0 Å². The van der Waals surface area contributed by atoms with Crippen LogP contribution in [0, 0.1) is 6.92 Å². The topological polar surface area (TPSA) is 38.1 Å². The third-order valence-electron chi connectivity index (χ3n) is 3.63. The summed E-state index contributed by atoms with van der Waals surface area (Å²) in [5.74, 6) is 1.15. The average molecular weight is 301 g/mol. The summed E-state index contributed by atoms with van der Waals surface area (Å²) in [5, 5.41) is 10.3. The Morgan fingerprint density at radius 1 is 1.19 bits per heavy atom. The Balaban J connectivity index is 2.37. The lowest BCUT2D eigenvalue weighted by atomic mass is 10.1. The summed E-state index contributed by atoms with van der Waals surface area (Å²) in [6, 6.07) is 11.3. The summed E-state index contributed by atoms with van der Waals surface area (Å²) < 4.78 is 2.15. The molecule has 0 amide bonds. The maximum atomic E-state index is 9.60. The molecule has 108 valence electrons. The van der Waals surface area contributed by atoms with Gasteiger partial charge >= 0.3 is 0 Å². The van der Waals surface area contributed by atoms with Crippen molar-refractivity contribution in [2.45, 2.75) is 26.8 Å². The Hall–Kier alpha value is -2.00. The number of rotatable bonds is 2. The Morgan fingerprint density at radius 2 is 1.95 bits per heavy atom. The first-order valence-electron chi connectivity index (χ1n) is 6.95. The van der Waals surface area contributed by atoms with Gasteiger partial charge in [-0.3, -0.25) is 0 Å². The fraction of sp³-hybridized carbons (Fsp3) is 0.235. The molecular weight excluding hydrogens is 284 g/mol. The van der Waals surface area contributed by atoms with Gasteiger partial charge in [-0.2, -0.15) is 0 Å². The number of para-hydroxylation sites is 1. The predicted octanol–water partition coefficient (Wildman–Crippen LogP) is 4.95. The number of imidazole rings is 1. The second kappa shape index (κ2) is 5.08. The molecule has 0 unspecified atom stereocenters. The molecule has 1 aromatic heterocycles. The fourth-order valence-electron chi connectivity index (χ4n) is 2.70. The van der Waals surface area contributed by atoms with Crippen molar-refractivity contribution in [3.63, 3.8) is 0 Å². The number of phenols is 1. The molecule has 0 saturated heterocycles. The lowest BCUT2D eigenvalue weighted by molar-refractivity contribution is 0.475. The molecule has 0 bridgehead atoms. The molecule has 0 aliphatic rings. The first-order valence-corrected chi connectivity index (χ1v) is 7.33. The zero-order valence-corrected chi connectivity index (χ0v) is 13.0. The van der Waals surface area contributed by atoms with Gasteiger partial charge in [-0.05, 0) is 56.7 Å². The van der Waals surface area contributed by atoms with Crippen molar-refractivity contribution in [1.29, 1.82) is 0 Å². The molecule has 3 nitrogen and oxygen atoms in total. The molecule has 0 spiro atoms. The van der Waals surface area contributed by atoms with Gasteiger partial charge < -0.3 is 9.67 Å². The van der Waals surface area contributed by atoms with E-state index in [0.717, 1.165) is 28.0 Å². The number of phenolic OH excluding ortho intramolecular Hbond substituents is 1. The van der Waals surface area contributed by atoms with Gasteiger partial charge in [-0.1, -0.05) is 17.7 Å². The van der Waals surface area contributed by atoms with E-state index in [1.54, 1.807) is 12.1 Å². The van der Waals surface area contributed by atoms with Gasteiger partial charge in [0.25, 0.3) is 0 Å². The molecule has 21 heavy (non-hydrogen) atoms. The largest absolute Gasteiger partial charge is 0.508 e. The normalized spacial score (nSPS) is 11.5. The first kappa shape index (κ1) is 14.0. The summed E-state index contributed by atoms with van der Waals surface area (Å²) >= 11 is 6.37. The average Bonchev–Trinajstić information content (AvgIpc) is 2.79. The van der Waals surface area contributed by atoms with Gasteiger partial charge in [-0.15, -0.1) is 0 Å². The van der Waals surface area contributed by atoms with Crippen molar-refractivity contribution in [1.82, 2.24) is 9.55 Å². The van der Waals surface area contributed by atoms with Crippen LogP contribution in [-0.4, -0.2) is 14.7 Å². The van der Waals surface area contributed by atoms with E-state index < -0.39 is 0 Å². The molecule has 0 saturated carbocycles. The van der Waals surface area contributed by atoms with Gasteiger partial charge in [0.2, 0.25) is 0 Å². The van der Waals surface area contributed by atoms with Crippen molar-refractivity contribution in [3.05, 3.63) is 47.0 Å². The van der Waals surface area contributed by atoms with E-state index in [2.05, 4.69) is 18.4 Å². The Bertz CT molecular complexity index is 821. The molecule has 4 heteroatoms. The highest BCUT2D eigenvalue weighted by Gasteiger charge is 2.18. The number of benzene rings is 2. The fourth-order valence-corrected chi connectivity index (χ4v) is 2.96. The highest BCUT2D eigenvalue weighted by molar-refractivity contribution is 6.35. The molecular formula is C17H17ClN2O. The number of aromatic nitrogens is 2. The van der Waals surface area contributed by atoms with Gasteiger partial charge in [0.15, 0.2) is 0 Å². The van der Waals surface area contributed by atoms with Gasteiger partial charge in [-0.25, -0.2) is 4.98 Å². The molecule has 2 aromatic carbocycles. The van der Waals surface area contributed by atoms with Crippen LogP contribution in [0.15, 0.2) is 36.4 Å². The minimum absolute atomic E-state index is 0.234. The molecule has 1 heterocycles. The molecule has 3 rings (SSSR count). The minimum Gasteiger partial charge on any atom is -0.508 e. The lowest BCUT2D eigenvalue weighted by Gasteiger charge is -2.15. The van der Waals surface area contributed by atoms with Crippen molar-refractivity contribution in [3.8, 4) is 17.1 Å². The van der Waals surface area contributed by atoms with E-state index in [-0.39, 0.29) is 11.8 Å². The number of aromatic hydroxyl groups is 1. The molecule has 0 aliphatic heterocycles. The molecule has 0 radical (unpaired) electrons. The Morgan fingerprint density at radius 3 is 2.62 bits per heavy atom. The number of fused-ring (bicyclic) bond motifs is 1. The quantitative estimate of drug-likeness (QED) is 0.727. The van der Waals surface area contributed by atoms with Crippen LogP contribution in [0.2, 0.25) is 5.02 Å². The monoisotopic (exact) mass is 300 g/mol. The van der Waals surface area contributed by atoms with Gasteiger partial charge in [0, 0.05) is 11.6 Å². The summed E-state index contributed by atoms with van der Waals surface area (Å²) in [4.78, 5) is 4.75. The highest BCUT2D eigenvalue weighted by Crippen LogP contribution is 2.34. The van der Waals surface area contributed by atoms with E-state index in [9.17, 15) is 5.11 Å². The second-order valence-corrected chi connectivity index (χ2v) is 5.91. The molecule has 0 aliphatic carbocycles. The Kier molecular flexibility index (Phi) is 3.38. The van der Waals surface area contributed by atoms with Crippen LogP contribution in [0.3, 0.4) is 0 Å². The van der Waals surface area contributed by atoms with Crippen LogP contribution in [0.1, 0.15) is 25.5 Å². The summed E-state index contributed by atoms with van der Waals surface area (Å²) in [6.07, 6.45) is 0. The van der Waals surface area contributed by atoms with Gasteiger partial charge in [0.05, 0.1) is 16.1 Å². The van der Waals surface area contributed by atoms with Gasteiger partial charge in [0.1, 0.15) is 11.6 Å². The minimum atomic E-state index is 0.234. The number of hydrogen-bond donors (Lipinski definition) is 1. The SMILES string of the molecule is Cc1cc(O)ccc1-c1nc2cccc(Cl)c2n1C(C)C. The smallest absolute Gasteiger partial charge is 0.141 e. The third kappa shape index (κ3) is 2.28. The zero-order chi connectivity index (χ0) is 15.1. The van der Waals surface area contributed by atoms with Crippen molar-refractivity contribution < 1.29 is 5.11 Å². The molecule has 1 N–H and O–H groups in total. The summed E-state index contributed by atoms with van der Waals surface area (Å²) in [5.41, 5.74) is 3.84. The van der Waals surface area contributed by atoms with Crippen molar-refractivity contribution in [2.75, 3.05) is 0 Å². The van der Waals surface area contributed by atoms with Crippen LogP contribution >= 0.6 is 11.6 Å². The van der Waals surface area contributed by atoms with E-state index in [4.69, 9.17) is 16.6 Å². The van der Waals surface area contributed by atoms with E-state index in [1.807, 2.05) is 31.2 Å². The number of hydrogen-bond acceptors (Lipinski definition) is 2. The number of halogens is 1. The van der Waals surface area contributed by atoms with Crippen LogP contribution in [-0.2, 0) is 0 Å². The van der Waals surface area contributed by atoms with E-state index >= 15 is 0 Å². The van der Waals surface area contributed by atoms with Crippen molar-refractivity contribution >= 4 is 22.6 Å². The van der Waals surface area contributed by atoms with Crippen LogP contribution < -0.4 is 0 Å². The third-order valence-corrected chi connectivity index (χ3v) is 3.93. The molecule has 0 atom stereocenters. The zero-order valence-electron chi connectivity index (χ0n) is 12.3.